The third kappa shape index (κ3) is 2.61. The largest absolute Gasteiger partial charge is 0.378 e. The first-order chi connectivity index (χ1) is 5.88. The van der Waals surface area contributed by atoms with E-state index in [9.17, 15) is 0 Å². The van der Waals surface area contributed by atoms with Gasteiger partial charge < -0.3 is 4.74 Å². The highest BCUT2D eigenvalue weighted by atomic mass is 16.5. The maximum absolute atomic E-state index is 5.42. The van der Waals surface area contributed by atoms with Crippen LogP contribution >= 0.6 is 0 Å². The van der Waals surface area contributed by atoms with Gasteiger partial charge in [-0.3, -0.25) is 4.90 Å². The molecule has 0 bridgehead atoms. The van der Waals surface area contributed by atoms with Crippen LogP contribution in [0.2, 0.25) is 0 Å². The van der Waals surface area contributed by atoms with Crippen LogP contribution in [-0.2, 0) is 4.74 Å². The molecule has 0 aromatic heterocycles. The Morgan fingerprint density at radius 2 is 2.33 bits per heavy atom. The van der Waals surface area contributed by atoms with Crippen LogP contribution in [0.3, 0.4) is 0 Å². The number of allylic oxidation sites excluding steroid dienone is 1. The minimum absolute atomic E-state index is 0.517. The SMILES string of the molecule is CC/C=C/C1COCCN1CC. The molecule has 2 nitrogen and oxygen atoms in total. The third-order valence-electron chi connectivity index (χ3n) is 2.28. The molecule has 0 N–H and O–H groups in total. The minimum atomic E-state index is 0.517. The zero-order chi connectivity index (χ0) is 8.81. The van der Waals surface area contributed by atoms with Crippen molar-refractivity contribution in [3.63, 3.8) is 0 Å². The van der Waals surface area contributed by atoms with Gasteiger partial charge in [-0.1, -0.05) is 26.0 Å². The van der Waals surface area contributed by atoms with Crippen molar-refractivity contribution in [2.45, 2.75) is 26.3 Å². The number of morpholine rings is 1. The zero-order valence-corrected chi connectivity index (χ0v) is 8.12. The van der Waals surface area contributed by atoms with Gasteiger partial charge in [-0.15, -0.1) is 0 Å². The second kappa shape index (κ2) is 5.33. The summed E-state index contributed by atoms with van der Waals surface area (Å²) in [5.74, 6) is 0. The van der Waals surface area contributed by atoms with Crippen LogP contribution in [0.25, 0.3) is 0 Å². The highest BCUT2D eigenvalue weighted by Crippen LogP contribution is 2.07. The van der Waals surface area contributed by atoms with Gasteiger partial charge in [0.1, 0.15) is 0 Å². The molecule has 1 rings (SSSR count). The summed E-state index contributed by atoms with van der Waals surface area (Å²) in [6.07, 6.45) is 5.61. The van der Waals surface area contributed by atoms with Crippen LogP contribution < -0.4 is 0 Å². The Morgan fingerprint density at radius 1 is 1.50 bits per heavy atom. The average Bonchev–Trinajstić information content (AvgIpc) is 2.15. The van der Waals surface area contributed by atoms with Gasteiger partial charge in [0.2, 0.25) is 0 Å². The molecule has 0 saturated carbocycles. The molecular formula is C10H19NO. The summed E-state index contributed by atoms with van der Waals surface area (Å²) >= 11 is 0. The van der Waals surface area contributed by atoms with Crippen LogP contribution in [0.1, 0.15) is 20.3 Å². The molecule has 0 aromatic rings. The maximum atomic E-state index is 5.42. The Bertz CT molecular complexity index is 145. The molecular weight excluding hydrogens is 150 g/mol. The second-order valence-electron chi connectivity index (χ2n) is 3.11. The lowest BCUT2D eigenvalue weighted by Crippen LogP contribution is -2.43. The van der Waals surface area contributed by atoms with E-state index in [1.54, 1.807) is 0 Å². The summed E-state index contributed by atoms with van der Waals surface area (Å²) in [7, 11) is 0. The van der Waals surface area contributed by atoms with E-state index >= 15 is 0 Å². The van der Waals surface area contributed by atoms with E-state index < -0.39 is 0 Å². The van der Waals surface area contributed by atoms with Gasteiger partial charge in [-0.05, 0) is 13.0 Å². The Labute approximate surface area is 75.2 Å². The highest BCUT2D eigenvalue weighted by molar-refractivity contribution is 4.95. The van der Waals surface area contributed by atoms with Gasteiger partial charge in [0.15, 0.2) is 0 Å². The number of hydrogen-bond donors (Lipinski definition) is 0. The number of ether oxygens (including phenoxy) is 1. The molecule has 1 atom stereocenters. The van der Waals surface area contributed by atoms with Crippen LogP contribution in [0.4, 0.5) is 0 Å². The molecule has 1 heterocycles. The Hall–Kier alpha value is -0.340. The fraction of sp³-hybridized carbons (Fsp3) is 0.800. The van der Waals surface area contributed by atoms with Crippen molar-refractivity contribution in [2.75, 3.05) is 26.3 Å². The molecule has 12 heavy (non-hydrogen) atoms. The summed E-state index contributed by atoms with van der Waals surface area (Å²) in [4.78, 5) is 2.45. The molecule has 1 unspecified atom stereocenters. The molecule has 1 aliphatic rings. The number of nitrogens with zero attached hydrogens (tertiary/aromatic N) is 1. The molecule has 1 fully saturated rings. The fourth-order valence-electron chi connectivity index (χ4n) is 1.52. The lowest BCUT2D eigenvalue weighted by Gasteiger charge is -2.32. The van der Waals surface area contributed by atoms with Crippen molar-refractivity contribution >= 4 is 0 Å². The molecule has 0 amide bonds. The Kier molecular flexibility index (Phi) is 4.33. The lowest BCUT2D eigenvalue weighted by molar-refractivity contribution is 0.0128. The van der Waals surface area contributed by atoms with E-state index in [0.717, 1.165) is 32.7 Å². The molecule has 1 saturated heterocycles. The first-order valence-electron chi connectivity index (χ1n) is 4.87. The van der Waals surface area contributed by atoms with Crippen LogP contribution in [0, 0.1) is 0 Å². The molecule has 2 heteroatoms. The third-order valence-corrected chi connectivity index (χ3v) is 2.28. The van der Waals surface area contributed by atoms with E-state index in [1.165, 1.54) is 0 Å². The minimum Gasteiger partial charge on any atom is -0.378 e. The van der Waals surface area contributed by atoms with E-state index in [0.29, 0.717) is 6.04 Å². The Morgan fingerprint density at radius 3 is 3.00 bits per heavy atom. The number of likely N-dealkylation sites (N-methyl/N-ethyl adjacent to an activating group) is 1. The monoisotopic (exact) mass is 169 g/mol. The van der Waals surface area contributed by atoms with Crippen molar-refractivity contribution < 1.29 is 4.74 Å². The van der Waals surface area contributed by atoms with Gasteiger partial charge in [-0.2, -0.15) is 0 Å². The maximum Gasteiger partial charge on any atom is 0.0658 e. The molecule has 0 aromatic carbocycles. The van der Waals surface area contributed by atoms with Crippen LogP contribution in [0.5, 0.6) is 0 Å². The fourth-order valence-corrected chi connectivity index (χ4v) is 1.52. The van der Waals surface area contributed by atoms with E-state index in [2.05, 4.69) is 30.9 Å². The van der Waals surface area contributed by atoms with E-state index in [-0.39, 0.29) is 0 Å². The molecule has 0 aliphatic carbocycles. The topological polar surface area (TPSA) is 12.5 Å². The quantitative estimate of drug-likeness (QED) is 0.596. The van der Waals surface area contributed by atoms with Gasteiger partial charge in [-0.25, -0.2) is 0 Å². The Balaban J connectivity index is 2.41. The first kappa shape index (κ1) is 9.75. The van der Waals surface area contributed by atoms with Crippen molar-refractivity contribution in [3.05, 3.63) is 12.2 Å². The summed E-state index contributed by atoms with van der Waals surface area (Å²) in [5.41, 5.74) is 0. The predicted octanol–water partition coefficient (Wildman–Crippen LogP) is 1.67. The van der Waals surface area contributed by atoms with Crippen molar-refractivity contribution in [1.29, 1.82) is 0 Å². The zero-order valence-electron chi connectivity index (χ0n) is 8.12. The summed E-state index contributed by atoms with van der Waals surface area (Å²) in [6.45, 7) is 8.33. The standard InChI is InChI=1S/C10H19NO/c1-3-5-6-10-9-12-8-7-11(10)4-2/h5-6,10H,3-4,7-9H2,1-2H3/b6-5+. The number of hydrogen-bond acceptors (Lipinski definition) is 2. The van der Waals surface area contributed by atoms with Crippen molar-refractivity contribution in [2.24, 2.45) is 0 Å². The van der Waals surface area contributed by atoms with Gasteiger partial charge >= 0.3 is 0 Å². The average molecular weight is 169 g/mol. The molecule has 0 spiro atoms. The highest BCUT2D eigenvalue weighted by Gasteiger charge is 2.17. The molecule has 0 radical (unpaired) electrons. The van der Waals surface area contributed by atoms with Gasteiger partial charge in [0.25, 0.3) is 0 Å². The summed E-state index contributed by atoms with van der Waals surface area (Å²) < 4.78 is 5.42. The van der Waals surface area contributed by atoms with Crippen LogP contribution in [-0.4, -0.2) is 37.2 Å². The second-order valence-corrected chi connectivity index (χ2v) is 3.11. The summed E-state index contributed by atoms with van der Waals surface area (Å²) in [5, 5.41) is 0. The summed E-state index contributed by atoms with van der Waals surface area (Å²) in [6, 6.07) is 0.517. The van der Waals surface area contributed by atoms with E-state index in [4.69, 9.17) is 4.74 Å². The molecule has 1 aliphatic heterocycles. The van der Waals surface area contributed by atoms with Crippen molar-refractivity contribution in [1.82, 2.24) is 4.90 Å². The molecule has 70 valence electrons. The first-order valence-corrected chi connectivity index (χ1v) is 4.87. The smallest absolute Gasteiger partial charge is 0.0658 e. The van der Waals surface area contributed by atoms with Crippen molar-refractivity contribution in [3.8, 4) is 0 Å². The lowest BCUT2D eigenvalue weighted by atomic mass is 10.2. The number of rotatable bonds is 3. The van der Waals surface area contributed by atoms with Crippen LogP contribution in [0.15, 0.2) is 12.2 Å². The van der Waals surface area contributed by atoms with Gasteiger partial charge in [0.05, 0.1) is 19.3 Å². The predicted molar refractivity (Wildman–Crippen MR) is 51.3 cm³/mol. The van der Waals surface area contributed by atoms with E-state index in [1.807, 2.05) is 0 Å². The van der Waals surface area contributed by atoms with Gasteiger partial charge in [0, 0.05) is 6.54 Å². The normalized spacial score (nSPS) is 26.7.